The van der Waals surface area contributed by atoms with Gasteiger partial charge in [0.05, 0.1) is 6.10 Å². The van der Waals surface area contributed by atoms with Crippen LogP contribution in [0.15, 0.2) is 42.5 Å². The molecular formula is C14H17NO. The second-order valence-electron chi connectivity index (χ2n) is 4.38. The third-order valence-corrected chi connectivity index (χ3v) is 2.70. The van der Waals surface area contributed by atoms with Crippen molar-refractivity contribution in [1.82, 2.24) is 4.90 Å². The van der Waals surface area contributed by atoms with Crippen LogP contribution in [0, 0.1) is 0 Å². The van der Waals surface area contributed by atoms with Crippen molar-refractivity contribution in [1.29, 1.82) is 0 Å². The van der Waals surface area contributed by atoms with E-state index in [1.165, 1.54) is 10.8 Å². The Labute approximate surface area is 96.1 Å². The summed E-state index contributed by atoms with van der Waals surface area (Å²) < 4.78 is 0. The van der Waals surface area contributed by atoms with E-state index in [9.17, 15) is 5.11 Å². The summed E-state index contributed by atoms with van der Waals surface area (Å²) in [5, 5.41) is 12.4. The lowest BCUT2D eigenvalue weighted by Crippen LogP contribution is -2.19. The fourth-order valence-electron chi connectivity index (χ4n) is 1.87. The zero-order valence-corrected chi connectivity index (χ0v) is 9.72. The minimum absolute atomic E-state index is 0.417. The first kappa shape index (κ1) is 11.1. The first-order valence-corrected chi connectivity index (χ1v) is 5.48. The van der Waals surface area contributed by atoms with E-state index in [1.54, 1.807) is 0 Å². The Morgan fingerprint density at radius 3 is 2.44 bits per heavy atom. The molecule has 0 fully saturated rings. The molecule has 2 aromatic rings. The molecule has 0 aliphatic heterocycles. The van der Waals surface area contributed by atoms with Crippen LogP contribution in [0.25, 0.3) is 10.8 Å². The average Bonchev–Trinajstić information content (AvgIpc) is 2.27. The van der Waals surface area contributed by atoms with Crippen LogP contribution in [-0.4, -0.2) is 30.6 Å². The molecule has 0 aliphatic rings. The number of nitrogens with zero attached hydrogens (tertiary/aromatic N) is 1. The SMILES string of the molecule is CN(C)C[C@H](O)c1ccc2ccccc2c1. The average molecular weight is 215 g/mol. The third-order valence-electron chi connectivity index (χ3n) is 2.70. The zero-order valence-electron chi connectivity index (χ0n) is 9.72. The highest BCUT2D eigenvalue weighted by Gasteiger charge is 2.08. The molecule has 2 rings (SSSR count). The Bertz CT molecular complexity index is 479. The standard InChI is InChI=1S/C14H17NO/c1-15(2)10-14(16)13-8-7-11-5-3-4-6-12(11)9-13/h3-9,14,16H,10H2,1-2H3/t14-/m0/s1. The van der Waals surface area contributed by atoms with Gasteiger partial charge >= 0.3 is 0 Å². The molecule has 0 amide bonds. The monoisotopic (exact) mass is 215 g/mol. The van der Waals surface area contributed by atoms with Gasteiger partial charge in [0.1, 0.15) is 0 Å². The van der Waals surface area contributed by atoms with Crippen molar-refractivity contribution < 1.29 is 5.11 Å². The second kappa shape index (κ2) is 4.64. The minimum Gasteiger partial charge on any atom is -0.387 e. The van der Waals surface area contributed by atoms with Gasteiger partial charge in [0, 0.05) is 6.54 Å². The van der Waals surface area contributed by atoms with Gasteiger partial charge in [-0.15, -0.1) is 0 Å². The maximum Gasteiger partial charge on any atom is 0.0916 e. The number of aliphatic hydroxyl groups is 1. The van der Waals surface area contributed by atoms with Crippen LogP contribution < -0.4 is 0 Å². The van der Waals surface area contributed by atoms with Crippen molar-refractivity contribution in [3.8, 4) is 0 Å². The summed E-state index contributed by atoms with van der Waals surface area (Å²) >= 11 is 0. The van der Waals surface area contributed by atoms with Crippen LogP contribution in [0.1, 0.15) is 11.7 Å². The Morgan fingerprint density at radius 2 is 1.75 bits per heavy atom. The normalized spacial score (nSPS) is 13.2. The summed E-state index contributed by atoms with van der Waals surface area (Å²) in [4.78, 5) is 1.99. The maximum atomic E-state index is 10.0. The van der Waals surface area contributed by atoms with Crippen LogP contribution in [0.2, 0.25) is 0 Å². The van der Waals surface area contributed by atoms with Crippen molar-refractivity contribution >= 4 is 10.8 Å². The largest absolute Gasteiger partial charge is 0.387 e. The number of benzene rings is 2. The van der Waals surface area contributed by atoms with Crippen LogP contribution >= 0.6 is 0 Å². The molecule has 1 atom stereocenters. The molecule has 0 radical (unpaired) electrons. The molecule has 16 heavy (non-hydrogen) atoms. The van der Waals surface area contributed by atoms with Gasteiger partial charge in [-0.3, -0.25) is 0 Å². The fourth-order valence-corrected chi connectivity index (χ4v) is 1.87. The molecule has 0 bridgehead atoms. The summed E-state index contributed by atoms with van der Waals surface area (Å²) in [6, 6.07) is 14.3. The van der Waals surface area contributed by atoms with E-state index in [1.807, 2.05) is 37.2 Å². The third kappa shape index (κ3) is 2.40. The highest BCUT2D eigenvalue weighted by molar-refractivity contribution is 5.83. The number of hydrogen-bond acceptors (Lipinski definition) is 2. The Balaban J connectivity index is 2.32. The van der Waals surface area contributed by atoms with Gasteiger partial charge in [-0.2, -0.15) is 0 Å². The first-order chi connectivity index (χ1) is 7.66. The molecule has 0 saturated heterocycles. The number of fused-ring (bicyclic) bond motifs is 1. The molecule has 84 valence electrons. The van der Waals surface area contributed by atoms with Crippen molar-refractivity contribution in [3.05, 3.63) is 48.0 Å². The highest BCUT2D eigenvalue weighted by atomic mass is 16.3. The molecular weight excluding hydrogens is 198 g/mol. The van der Waals surface area contributed by atoms with Crippen LogP contribution in [0.5, 0.6) is 0 Å². The van der Waals surface area contributed by atoms with E-state index in [0.29, 0.717) is 6.54 Å². The lowest BCUT2D eigenvalue weighted by molar-refractivity contribution is 0.138. The predicted molar refractivity (Wildman–Crippen MR) is 67.5 cm³/mol. The number of likely N-dealkylation sites (N-methyl/N-ethyl adjacent to an activating group) is 1. The molecule has 0 spiro atoms. The van der Waals surface area contributed by atoms with Crippen LogP contribution in [-0.2, 0) is 0 Å². The van der Waals surface area contributed by atoms with Gasteiger partial charge in [0.2, 0.25) is 0 Å². The fraction of sp³-hybridized carbons (Fsp3) is 0.286. The lowest BCUT2D eigenvalue weighted by Gasteiger charge is -2.16. The molecule has 2 nitrogen and oxygen atoms in total. The predicted octanol–water partition coefficient (Wildman–Crippen LogP) is 2.43. The van der Waals surface area contributed by atoms with E-state index in [4.69, 9.17) is 0 Å². The van der Waals surface area contributed by atoms with Crippen molar-refractivity contribution in [2.45, 2.75) is 6.10 Å². The van der Waals surface area contributed by atoms with E-state index in [2.05, 4.69) is 24.3 Å². The Morgan fingerprint density at radius 1 is 1.06 bits per heavy atom. The van der Waals surface area contributed by atoms with E-state index in [0.717, 1.165) is 5.56 Å². The van der Waals surface area contributed by atoms with Gasteiger partial charge < -0.3 is 10.0 Å². The van der Waals surface area contributed by atoms with Crippen molar-refractivity contribution in [3.63, 3.8) is 0 Å². The molecule has 0 aromatic heterocycles. The second-order valence-corrected chi connectivity index (χ2v) is 4.38. The summed E-state index contributed by atoms with van der Waals surface area (Å²) in [6.07, 6.45) is -0.417. The summed E-state index contributed by atoms with van der Waals surface area (Å²) in [6.45, 7) is 0.651. The van der Waals surface area contributed by atoms with Crippen molar-refractivity contribution in [2.75, 3.05) is 20.6 Å². The van der Waals surface area contributed by atoms with E-state index in [-0.39, 0.29) is 0 Å². The number of aliphatic hydroxyl groups excluding tert-OH is 1. The molecule has 0 heterocycles. The quantitative estimate of drug-likeness (QED) is 0.850. The highest BCUT2D eigenvalue weighted by Crippen LogP contribution is 2.20. The van der Waals surface area contributed by atoms with Gasteiger partial charge in [-0.25, -0.2) is 0 Å². The smallest absolute Gasteiger partial charge is 0.0916 e. The van der Waals surface area contributed by atoms with Gasteiger partial charge in [-0.1, -0.05) is 36.4 Å². The molecule has 0 unspecified atom stereocenters. The van der Waals surface area contributed by atoms with Gasteiger partial charge in [-0.05, 0) is 36.5 Å². The summed E-state index contributed by atoms with van der Waals surface area (Å²) in [5.41, 5.74) is 0.979. The van der Waals surface area contributed by atoms with Crippen LogP contribution in [0.3, 0.4) is 0 Å². The summed E-state index contributed by atoms with van der Waals surface area (Å²) in [5.74, 6) is 0. The zero-order chi connectivity index (χ0) is 11.5. The lowest BCUT2D eigenvalue weighted by atomic mass is 10.0. The topological polar surface area (TPSA) is 23.5 Å². The minimum atomic E-state index is -0.417. The number of hydrogen-bond donors (Lipinski definition) is 1. The van der Waals surface area contributed by atoms with Crippen molar-refractivity contribution in [2.24, 2.45) is 0 Å². The Hall–Kier alpha value is -1.38. The molecule has 1 N–H and O–H groups in total. The molecule has 0 saturated carbocycles. The maximum absolute atomic E-state index is 10.0. The van der Waals surface area contributed by atoms with E-state index < -0.39 is 6.10 Å². The van der Waals surface area contributed by atoms with Crippen LogP contribution in [0.4, 0.5) is 0 Å². The Kier molecular flexibility index (Phi) is 3.22. The van der Waals surface area contributed by atoms with Gasteiger partial charge in [0.15, 0.2) is 0 Å². The molecule has 0 aliphatic carbocycles. The first-order valence-electron chi connectivity index (χ1n) is 5.48. The van der Waals surface area contributed by atoms with Gasteiger partial charge in [0.25, 0.3) is 0 Å². The molecule has 2 aromatic carbocycles. The van der Waals surface area contributed by atoms with E-state index >= 15 is 0 Å². The summed E-state index contributed by atoms with van der Waals surface area (Å²) in [7, 11) is 3.93. The number of rotatable bonds is 3. The molecule has 2 heteroatoms.